The Morgan fingerprint density at radius 1 is 1.47 bits per heavy atom. The second-order valence-corrected chi connectivity index (χ2v) is 6.28. The van der Waals surface area contributed by atoms with Crippen LogP contribution in [0.1, 0.15) is 31.4 Å². The zero-order valence-corrected chi connectivity index (χ0v) is 13.4. The van der Waals surface area contributed by atoms with Gasteiger partial charge in [-0.05, 0) is 38.0 Å². The summed E-state index contributed by atoms with van der Waals surface area (Å²) in [4.78, 5) is 2.41. The van der Waals surface area contributed by atoms with E-state index in [9.17, 15) is 5.11 Å². The number of hydrogen-bond acceptors (Lipinski definition) is 3. The molecule has 2 rings (SSSR count). The molecule has 106 valence electrons. The van der Waals surface area contributed by atoms with E-state index in [1.165, 1.54) is 0 Å². The van der Waals surface area contributed by atoms with E-state index in [1.54, 1.807) is 0 Å². The number of nitrogens with zero attached hydrogens (tertiary/aromatic N) is 1. The van der Waals surface area contributed by atoms with Gasteiger partial charge >= 0.3 is 0 Å². The monoisotopic (exact) mass is 327 g/mol. The number of aryl methyl sites for hydroxylation is 1. The summed E-state index contributed by atoms with van der Waals surface area (Å²) < 4.78 is 6.73. The molecule has 1 saturated heterocycles. The van der Waals surface area contributed by atoms with E-state index in [1.807, 2.05) is 19.1 Å². The summed E-state index contributed by atoms with van der Waals surface area (Å²) >= 11 is 3.50. The Labute approximate surface area is 123 Å². The van der Waals surface area contributed by atoms with Crippen molar-refractivity contribution >= 4 is 15.9 Å². The predicted molar refractivity (Wildman–Crippen MR) is 80.4 cm³/mol. The molecule has 3 nitrogen and oxygen atoms in total. The molecule has 19 heavy (non-hydrogen) atoms. The van der Waals surface area contributed by atoms with Gasteiger partial charge in [-0.25, -0.2) is 0 Å². The molecular formula is C15H22BrNO2. The standard InChI is InChI=1S/C15H22BrNO2/c1-4-14-9-19-11(3)7-17(14)8-12-6-13(16)5-10(2)15(12)18/h5-6,11,14,18H,4,7-9H2,1-3H3. The maximum atomic E-state index is 10.2. The van der Waals surface area contributed by atoms with E-state index in [4.69, 9.17) is 4.74 Å². The van der Waals surface area contributed by atoms with Crippen molar-refractivity contribution in [3.05, 3.63) is 27.7 Å². The number of phenols is 1. The van der Waals surface area contributed by atoms with Crippen LogP contribution in [-0.2, 0) is 11.3 Å². The van der Waals surface area contributed by atoms with Gasteiger partial charge in [-0.15, -0.1) is 0 Å². The lowest BCUT2D eigenvalue weighted by Gasteiger charge is -2.38. The lowest BCUT2D eigenvalue weighted by atomic mass is 10.1. The molecule has 0 bridgehead atoms. The number of rotatable bonds is 3. The Hall–Kier alpha value is -0.580. The lowest BCUT2D eigenvalue weighted by molar-refractivity contribution is -0.0593. The summed E-state index contributed by atoms with van der Waals surface area (Å²) in [5.41, 5.74) is 1.90. The molecule has 0 aliphatic carbocycles. The molecule has 1 aliphatic heterocycles. The number of halogens is 1. The molecule has 1 fully saturated rings. The van der Waals surface area contributed by atoms with E-state index in [0.717, 1.165) is 41.7 Å². The fourth-order valence-electron chi connectivity index (χ4n) is 2.63. The number of phenolic OH excluding ortho intramolecular Hbond substituents is 1. The van der Waals surface area contributed by atoms with Gasteiger partial charge in [-0.1, -0.05) is 22.9 Å². The zero-order chi connectivity index (χ0) is 14.0. The Bertz CT molecular complexity index is 450. The van der Waals surface area contributed by atoms with Crippen molar-refractivity contribution < 1.29 is 9.84 Å². The molecule has 1 aromatic rings. The van der Waals surface area contributed by atoms with Gasteiger partial charge in [0.2, 0.25) is 0 Å². The average Bonchev–Trinajstić information content (AvgIpc) is 2.35. The van der Waals surface area contributed by atoms with E-state index >= 15 is 0 Å². The van der Waals surface area contributed by atoms with E-state index < -0.39 is 0 Å². The molecule has 4 heteroatoms. The van der Waals surface area contributed by atoms with Crippen LogP contribution in [0.4, 0.5) is 0 Å². The Kier molecular flexibility index (Phi) is 4.87. The summed E-state index contributed by atoms with van der Waals surface area (Å²) in [6, 6.07) is 4.39. The van der Waals surface area contributed by atoms with Crippen LogP contribution in [0.25, 0.3) is 0 Å². The minimum atomic E-state index is 0.262. The van der Waals surface area contributed by atoms with Crippen LogP contribution in [0.2, 0.25) is 0 Å². The van der Waals surface area contributed by atoms with Crippen LogP contribution in [0.3, 0.4) is 0 Å². The number of morpholine rings is 1. The molecule has 0 spiro atoms. The largest absolute Gasteiger partial charge is 0.507 e. The quantitative estimate of drug-likeness (QED) is 0.922. The van der Waals surface area contributed by atoms with Crippen LogP contribution in [0.5, 0.6) is 5.75 Å². The number of ether oxygens (including phenoxy) is 1. The van der Waals surface area contributed by atoms with Gasteiger partial charge < -0.3 is 9.84 Å². The fraction of sp³-hybridized carbons (Fsp3) is 0.600. The molecule has 0 radical (unpaired) electrons. The summed E-state index contributed by atoms with van der Waals surface area (Å²) in [6.07, 6.45) is 1.33. The highest BCUT2D eigenvalue weighted by Gasteiger charge is 2.26. The van der Waals surface area contributed by atoms with Crippen LogP contribution in [0, 0.1) is 6.92 Å². The lowest BCUT2D eigenvalue weighted by Crippen LogP contribution is -2.47. The maximum Gasteiger partial charge on any atom is 0.123 e. The molecule has 2 unspecified atom stereocenters. The SMILES string of the molecule is CCC1COC(C)CN1Cc1cc(Br)cc(C)c1O. The number of aromatic hydroxyl groups is 1. The predicted octanol–water partition coefficient (Wildman–Crippen LogP) is 3.46. The molecule has 1 heterocycles. The zero-order valence-electron chi connectivity index (χ0n) is 11.8. The first-order chi connectivity index (χ1) is 9.01. The van der Waals surface area contributed by atoms with Crippen LogP contribution in [0.15, 0.2) is 16.6 Å². The van der Waals surface area contributed by atoms with Gasteiger partial charge in [-0.3, -0.25) is 4.90 Å². The summed E-state index contributed by atoms with van der Waals surface area (Å²) in [5, 5.41) is 10.2. The van der Waals surface area contributed by atoms with Gasteiger partial charge in [-0.2, -0.15) is 0 Å². The molecule has 1 aromatic carbocycles. The Balaban J connectivity index is 2.19. The molecule has 1 aliphatic rings. The Morgan fingerprint density at radius 2 is 2.21 bits per heavy atom. The van der Waals surface area contributed by atoms with E-state index in [0.29, 0.717) is 11.8 Å². The first-order valence-corrected chi connectivity index (χ1v) is 7.64. The topological polar surface area (TPSA) is 32.7 Å². The van der Waals surface area contributed by atoms with Crippen LogP contribution < -0.4 is 0 Å². The molecule has 0 aromatic heterocycles. The third-order valence-corrected chi connectivity index (χ3v) is 4.23. The normalized spacial score (nSPS) is 24.6. The van der Waals surface area contributed by atoms with Crippen molar-refractivity contribution in [1.82, 2.24) is 4.90 Å². The van der Waals surface area contributed by atoms with Crippen molar-refractivity contribution in [2.75, 3.05) is 13.2 Å². The minimum Gasteiger partial charge on any atom is -0.507 e. The highest BCUT2D eigenvalue weighted by atomic mass is 79.9. The van der Waals surface area contributed by atoms with Gasteiger partial charge in [0.1, 0.15) is 5.75 Å². The van der Waals surface area contributed by atoms with Gasteiger partial charge in [0.05, 0.1) is 12.7 Å². The number of benzene rings is 1. The minimum absolute atomic E-state index is 0.262. The fourth-order valence-corrected chi connectivity index (χ4v) is 3.25. The van der Waals surface area contributed by atoms with E-state index in [2.05, 4.69) is 34.7 Å². The van der Waals surface area contributed by atoms with Gasteiger partial charge in [0.25, 0.3) is 0 Å². The first-order valence-electron chi connectivity index (χ1n) is 6.85. The van der Waals surface area contributed by atoms with Gasteiger partial charge in [0, 0.05) is 29.2 Å². The summed E-state index contributed by atoms with van der Waals surface area (Å²) in [5.74, 6) is 0.414. The van der Waals surface area contributed by atoms with Crippen molar-refractivity contribution in [2.24, 2.45) is 0 Å². The smallest absolute Gasteiger partial charge is 0.123 e. The third kappa shape index (κ3) is 3.50. The molecule has 2 atom stereocenters. The first kappa shape index (κ1) is 14.8. The van der Waals surface area contributed by atoms with Crippen molar-refractivity contribution in [2.45, 2.75) is 45.9 Å². The average molecular weight is 328 g/mol. The van der Waals surface area contributed by atoms with Crippen LogP contribution in [-0.4, -0.2) is 35.3 Å². The van der Waals surface area contributed by atoms with Crippen molar-refractivity contribution in [1.29, 1.82) is 0 Å². The molecular weight excluding hydrogens is 306 g/mol. The summed E-state index contributed by atoms with van der Waals surface area (Å²) in [6.45, 7) is 8.70. The Morgan fingerprint density at radius 3 is 2.89 bits per heavy atom. The number of hydrogen-bond donors (Lipinski definition) is 1. The van der Waals surface area contributed by atoms with Crippen molar-refractivity contribution in [3.8, 4) is 5.75 Å². The molecule has 0 amide bonds. The molecule has 0 saturated carbocycles. The second-order valence-electron chi connectivity index (χ2n) is 5.37. The summed E-state index contributed by atoms with van der Waals surface area (Å²) in [7, 11) is 0. The highest BCUT2D eigenvalue weighted by molar-refractivity contribution is 9.10. The van der Waals surface area contributed by atoms with Gasteiger partial charge in [0.15, 0.2) is 0 Å². The van der Waals surface area contributed by atoms with E-state index in [-0.39, 0.29) is 6.10 Å². The maximum absolute atomic E-state index is 10.2. The van der Waals surface area contributed by atoms with Crippen LogP contribution >= 0.6 is 15.9 Å². The molecule has 1 N–H and O–H groups in total. The second kappa shape index (κ2) is 6.25. The third-order valence-electron chi connectivity index (χ3n) is 3.77. The highest BCUT2D eigenvalue weighted by Crippen LogP contribution is 2.29. The van der Waals surface area contributed by atoms with Crippen molar-refractivity contribution in [3.63, 3.8) is 0 Å².